The van der Waals surface area contributed by atoms with Gasteiger partial charge in [-0.1, -0.05) is 50.3 Å². The van der Waals surface area contributed by atoms with E-state index in [1.807, 2.05) is 26.1 Å². The molecule has 0 aliphatic carbocycles. The van der Waals surface area contributed by atoms with E-state index in [4.69, 9.17) is 0 Å². The number of aromatic nitrogens is 1. The molecule has 0 spiro atoms. The smallest absolute Gasteiger partial charge is 0.0704 e. The fourth-order valence-electron chi connectivity index (χ4n) is 2.37. The first kappa shape index (κ1) is 13.5. The summed E-state index contributed by atoms with van der Waals surface area (Å²) in [6.45, 7) is 8.52. The lowest BCUT2D eigenvalue weighted by Crippen LogP contribution is -1.92. The summed E-state index contributed by atoms with van der Waals surface area (Å²) < 4.78 is 0. The molecule has 1 heterocycles. The van der Waals surface area contributed by atoms with Gasteiger partial charge < -0.3 is 0 Å². The van der Waals surface area contributed by atoms with E-state index >= 15 is 0 Å². The summed E-state index contributed by atoms with van der Waals surface area (Å²) in [5.41, 5.74) is 3.57. The minimum absolute atomic E-state index is 0.521. The maximum absolute atomic E-state index is 4.62. The van der Waals surface area contributed by atoms with Crippen molar-refractivity contribution < 1.29 is 0 Å². The lowest BCUT2D eigenvalue weighted by molar-refractivity contribution is 0.875. The van der Waals surface area contributed by atoms with Crippen LogP contribution in [-0.2, 0) is 0 Å². The molecule has 0 radical (unpaired) electrons. The number of hydrogen-bond donors (Lipinski definition) is 0. The van der Waals surface area contributed by atoms with E-state index < -0.39 is 0 Å². The summed E-state index contributed by atoms with van der Waals surface area (Å²) >= 11 is 0. The molecule has 0 aliphatic heterocycles. The lowest BCUT2D eigenvalue weighted by Gasteiger charge is -2.11. The van der Waals surface area contributed by atoms with Gasteiger partial charge >= 0.3 is 0 Å². The van der Waals surface area contributed by atoms with Crippen LogP contribution in [0, 0.1) is 0 Å². The predicted molar refractivity (Wildman–Crippen MR) is 84.3 cm³/mol. The van der Waals surface area contributed by atoms with Crippen LogP contribution in [0.3, 0.4) is 0 Å². The molecule has 0 fully saturated rings. The Bertz CT molecular complexity index is 633. The Labute approximate surface area is 115 Å². The van der Waals surface area contributed by atoms with Gasteiger partial charge in [-0.15, -0.1) is 0 Å². The number of pyridine rings is 1. The van der Waals surface area contributed by atoms with Crippen molar-refractivity contribution >= 4 is 16.3 Å². The van der Waals surface area contributed by atoms with E-state index in [0.29, 0.717) is 5.92 Å². The van der Waals surface area contributed by atoms with E-state index in [2.05, 4.69) is 55.2 Å². The second-order valence-corrected chi connectivity index (χ2v) is 5.04. The quantitative estimate of drug-likeness (QED) is 0.671. The predicted octanol–water partition coefficient (Wildman–Crippen LogP) is 5.34. The molecule has 1 aromatic carbocycles. The first-order valence-corrected chi connectivity index (χ1v) is 6.85. The van der Waals surface area contributed by atoms with Crippen molar-refractivity contribution in [2.24, 2.45) is 0 Å². The van der Waals surface area contributed by atoms with Crippen molar-refractivity contribution in [2.45, 2.75) is 33.6 Å². The third kappa shape index (κ3) is 2.76. The number of hydrogen-bond acceptors (Lipinski definition) is 1. The maximum atomic E-state index is 4.62. The number of rotatable bonds is 3. The Morgan fingerprint density at radius 1 is 1.21 bits per heavy atom. The number of nitrogens with zero attached hydrogens (tertiary/aromatic N) is 1. The third-order valence-corrected chi connectivity index (χ3v) is 3.37. The van der Waals surface area contributed by atoms with Crippen molar-refractivity contribution in [3.05, 3.63) is 59.9 Å². The largest absolute Gasteiger partial charge is 0.256 e. The molecule has 1 nitrogen and oxygen atoms in total. The first-order valence-electron chi connectivity index (χ1n) is 6.85. The minimum atomic E-state index is 0.521. The van der Waals surface area contributed by atoms with Gasteiger partial charge in [-0.25, -0.2) is 0 Å². The molecule has 2 rings (SSSR count). The highest BCUT2D eigenvalue weighted by Crippen LogP contribution is 2.26. The Kier molecular flexibility index (Phi) is 4.16. The van der Waals surface area contributed by atoms with Gasteiger partial charge in [-0.2, -0.15) is 0 Å². The molecule has 0 saturated heterocycles. The zero-order chi connectivity index (χ0) is 13.8. The maximum Gasteiger partial charge on any atom is 0.0704 e. The molecule has 0 bridgehead atoms. The first-order chi connectivity index (χ1) is 9.17. The summed E-state index contributed by atoms with van der Waals surface area (Å²) in [6, 6.07) is 8.66. The topological polar surface area (TPSA) is 12.9 Å². The lowest BCUT2D eigenvalue weighted by atomic mass is 9.96. The van der Waals surface area contributed by atoms with E-state index in [1.54, 1.807) is 0 Å². The van der Waals surface area contributed by atoms with E-state index in [9.17, 15) is 0 Å². The summed E-state index contributed by atoms with van der Waals surface area (Å²) in [6.07, 6.45) is 8.25. The number of fused-ring (bicyclic) bond motifs is 1. The van der Waals surface area contributed by atoms with Gasteiger partial charge in [0.2, 0.25) is 0 Å². The molecule has 98 valence electrons. The van der Waals surface area contributed by atoms with Gasteiger partial charge in [-0.3, -0.25) is 4.98 Å². The van der Waals surface area contributed by atoms with Crippen LogP contribution in [0.25, 0.3) is 16.3 Å². The van der Waals surface area contributed by atoms with E-state index in [0.717, 1.165) is 5.69 Å². The second kappa shape index (κ2) is 5.83. The standard InChI is InChI=1S/C18H21N/c1-5-8-14(6-2)18-11-15-9-7-10-16(13(3)4)17(15)12-19-18/h5-13H,1-4H3/b8-5-,14-6+. The highest BCUT2D eigenvalue weighted by molar-refractivity contribution is 5.88. The summed E-state index contributed by atoms with van der Waals surface area (Å²) in [7, 11) is 0. The molecular weight excluding hydrogens is 230 g/mol. The number of allylic oxidation sites excluding steroid dienone is 4. The molecule has 0 atom stereocenters. The van der Waals surface area contributed by atoms with Crippen LogP contribution in [0.4, 0.5) is 0 Å². The molecule has 0 unspecified atom stereocenters. The molecule has 2 aromatic rings. The third-order valence-electron chi connectivity index (χ3n) is 3.37. The monoisotopic (exact) mass is 251 g/mol. The molecule has 0 amide bonds. The molecule has 1 heteroatoms. The van der Waals surface area contributed by atoms with Crippen molar-refractivity contribution in [1.82, 2.24) is 4.98 Å². The summed E-state index contributed by atoms with van der Waals surface area (Å²) in [5.74, 6) is 0.521. The Balaban J connectivity index is 2.59. The normalized spacial score (nSPS) is 12.8. The van der Waals surface area contributed by atoms with Crippen LogP contribution < -0.4 is 0 Å². The molecular formula is C18H21N. The SMILES string of the molecule is C/C=C\C(=C/C)c1cc2cccc(C(C)C)c2cn1. The van der Waals surface area contributed by atoms with Gasteiger partial charge in [0.05, 0.1) is 5.69 Å². The molecule has 0 saturated carbocycles. The summed E-state index contributed by atoms with van der Waals surface area (Å²) in [5, 5.41) is 2.53. The van der Waals surface area contributed by atoms with Crippen LogP contribution >= 0.6 is 0 Å². The molecule has 19 heavy (non-hydrogen) atoms. The fourth-order valence-corrected chi connectivity index (χ4v) is 2.37. The average molecular weight is 251 g/mol. The van der Waals surface area contributed by atoms with Gasteiger partial charge in [0.25, 0.3) is 0 Å². The molecule has 0 N–H and O–H groups in total. The van der Waals surface area contributed by atoms with Crippen molar-refractivity contribution in [3.63, 3.8) is 0 Å². The van der Waals surface area contributed by atoms with Crippen LogP contribution in [0.2, 0.25) is 0 Å². The van der Waals surface area contributed by atoms with Crippen LogP contribution in [0.15, 0.2) is 48.7 Å². The van der Waals surface area contributed by atoms with Gasteiger partial charge in [0.15, 0.2) is 0 Å². The zero-order valence-electron chi connectivity index (χ0n) is 12.1. The highest BCUT2D eigenvalue weighted by Gasteiger charge is 2.07. The molecule has 0 aliphatic rings. The fraction of sp³-hybridized carbons (Fsp3) is 0.278. The van der Waals surface area contributed by atoms with Crippen LogP contribution in [-0.4, -0.2) is 4.98 Å². The van der Waals surface area contributed by atoms with Crippen molar-refractivity contribution in [3.8, 4) is 0 Å². The van der Waals surface area contributed by atoms with Crippen molar-refractivity contribution in [2.75, 3.05) is 0 Å². The Morgan fingerprint density at radius 2 is 2.00 bits per heavy atom. The Hall–Kier alpha value is -1.89. The molecule has 1 aromatic heterocycles. The zero-order valence-corrected chi connectivity index (χ0v) is 12.1. The van der Waals surface area contributed by atoms with Gasteiger partial charge in [0.1, 0.15) is 0 Å². The Morgan fingerprint density at radius 3 is 2.63 bits per heavy atom. The van der Waals surface area contributed by atoms with E-state index in [1.165, 1.54) is 21.9 Å². The number of benzene rings is 1. The minimum Gasteiger partial charge on any atom is -0.256 e. The van der Waals surface area contributed by atoms with Crippen molar-refractivity contribution in [1.29, 1.82) is 0 Å². The second-order valence-electron chi connectivity index (χ2n) is 5.04. The van der Waals surface area contributed by atoms with Gasteiger partial charge in [0, 0.05) is 11.6 Å². The van der Waals surface area contributed by atoms with Crippen LogP contribution in [0.1, 0.15) is 44.9 Å². The average Bonchev–Trinajstić information content (AvgIpc) is 2.43. The van der Waals surface area contributed by atoms with E-state index in [-0.39, 0.29) is 0 Å². The highest BCUT2D eigenvalue weighted by atomic mass is 14.7. The summed E-state index contributed by atoms with van der Waals surface area (Å²) in [4.78, 5) is 4.62. The van der Waals surface area contributed by atoms with Gasteiger partial charge in [-0.05, 0) is 42.4 Å². The van der Waals surface area contributed by atoms with Crippen LogP contribution in [0.5, 0.6) is 0 Å².